The average Bonchev–Trinajstić information content (AvgIpc) is 2.66. The monoisotopic (exact) mass is 349 g/mol. The molecule has 3 nitrogen and oxygen atoms in total. The van der Waals surface area contributed by atoms with E-state index in [1.54, 1.807) is 7.11 Å². The lowest BCUT2D eigenvalue weighted by Gasteiger charge is -2.39. The number of ether oxygens (including phenoxy) is 1. The Balaban J connectivity index is 0.000000396. The van der Waals surface area contributed by atoms with Gasteiger partial charge >= 0.3 is 0 Å². The van der Waals surface area contributed by atoms with Crippen molar-refractivity contribution in [2.24, 2.45) is 11.8 Å². The van der Waals surface area contributed by atoms with Crippen molar-refractivity contribution in [3.05, 3.63) is 29.8 Å². The number of rotatable bonds is 1. The van der Waals surface area contributed by atoms with Crippen molar-refractivity contribution in [2.45, 2.75) is 60.3 Å². The highest BCUT2D eigenvalue weighted by molar-refractivity contribution is 5.79. The van der Waals surface area contributed by atoms with Crippen molar-refractivity contribution < 1.29 is 9.53 Å². The molecule has 3 rings (SSSR count). The lowest BCUT2D eigenvalue weighted by molar-refractivity contribution is -0.123. The number of carbonyl (C=O) groups is 1. The molecule has 0 amide bonds. The van der Waals surface area contributed by atoms with Gasteiger partial charge in [0.25, 0.3) is 0 Å². The summed E-state index contributed by atoms with van der Waals surface area (Å²) in [5, 5.41) is 0. The van der Waals surface area contributed by atoms with E-state index in [4.69, 9.17) is 4.74 Å². The number of hydrogen-bond acceptors (Lipinski definition) is 3. The molecule has 1 heterocycles. The van der Waals surface area contributed by atoms with Crippen LogP contribution in [0, 0.1) is 18.8 Å². The van der Waals surface area contributed by atoms with Gasteiger partial charge in [-0.1, -0.05) is 45.4 Å². The largest absolute Gasteiger partial charge is 0.497 e. The highest BCUT2D eigenvalue weighted by Gasteiger charge is 2.32. The van der Waals surface area contributed by atoms with Gasteiger partial charge in [-0.2, -0.15) is 0 Å². The number of methoxy groups -OCH3 is 1. The van der Waals surface area contributed by atoms with Gasteiger partial charge in [-0.3, -0.25) is 4.79 Å². The van der Waals surface area contributed by atoms with Gasteiger partial charge in [-0.15, -0.1) is 0 Å². The Hall–Kier alpha value is -1.35. The maximum absolute atomic E-state index is 11.2. The molecule has 0 aromatic heterocycles. The summed E-state index contributed by atoms with van der Waals surface area (Å²) in [7, 11) is 3.86. The van der Waals surface area contributed by atoms with E-state index in [-0.39, 0.29) is 0 Å². The third-order valence-electron chi connectivity index (χ3n) is 4.63. The van der Waals surface area contributed by atoms with Crippen LogP contribution < -0.4 is 4.74 Å². The van der Waals surface area contributed by atoms with Gasteiger partial charge in [0.1, 0.15) is 11.5 Å². The fraction of sp³-hybridized carbons (Fsp3) is 0.682. The van der Waals surface area contributed by atoms with Gasteiger partial charge in [0.15, 0.2) is 0 Å². The van der Waals surface area contributed by atoms with Crippen molar-refractivity contribution >= 4 is 5.78 Å². The second-order valence-electron chi connectivity index (χ2n) is 6.37. The van der Waals surface area contributed by atoms with Gasteiger partial charge in [0, 0.05) is 19.4 Å². The maximum Gasteiger partial charge on any atom is 0.133 e. The molecule has 1 saturated heterocycles. The molecule has 1 aliphatic carbocycles. The zero-order valence-electron chi connectivity index (χ0n) is 17.5. The summed E-state index contributed by atoms with van der Waals surface area (Å²) in [4.78, 5) is 13.6. The van der Waals surface area contributed by atoms with Gasteiger partial charge in [0.2, 0.25) is 0 Å². The first-order valence-electron chi connectivity index (χ1n) is 9.89. The van der Waals surface area contributed by atoms with Crippen molar-refractivity contribution in [3.63, 3.8) is 0 Å². The highest BCUT2D eigenvalue weighted by Crippen LogP contribution is 2.33. The summed E-state index contributed by atoms with van der Waals surface area (Å²) in [6.07, 6.45) is 4.11. The number of nitrogens with zero attached hydrogens (tertiary/aromatic N) is 1. The Labute approximate surface area is 155 Å². The molecule has 0 N–H and O–H groups in total. The summed E-state index contributed by atoms with van der Waals surface area (Å²) in [5.41, 5.74) is 1.26. The normalized spacial score (nSPS) is 22.0. The van der Waals surface area contributed by atoms with Crippen LogP contribution in [-0.2, 0) is 4.79 Å². The Morgan fingerprint density at radius 2 is 1.60 bits per heavy atom. The molecular weight excluding hydrogens is 310 g/mol. The van der Waals surface area contributed by atoms with E-state index in [1.165, 1.54) is 25.1 Å². The fourth-order valence-electron chi connectivity index (χ4n) is 3.27. The Kier molecular flexibility index (Phi) is 13.1. The minimum absolute atomic E-state index is 0.501. The van der Waals surface area contributed by atoms with Crippen LogP contribution in [0.4, 0.5) is 0 Å². The van der Waals surface area contributed by atoms with Gasteiger partial charge in [-0.05, 0) is 57.3 Å². The Morgan fingerprint density at radius 1 is 1.00 bits per heavy atom. The van der Waals surface area contributed by atoms with E-state index in [2.05, 4.69) is 18.9 Å². The number of ketones is 1. The first-order chi connectivity index (χ1) is 12.1. The smallest absolute Gasteiger partial charge is 0.133 e. The minimum atomic E-state index is 0.501. The molecule has 1 aliphatic heterocycles. The van der Waals surface area contributed by atoms with Crippen LogP contribution in [0.5, 0.6) is 5.75 Å². The summed E-state index contributed by atoms with van der Waals surface area (Å²) in [6.45, 7) is 12.5. The molecule has 25 heavy (non-hydrogen) atoms. The van der Waals surface area contributed by atoms with E-state index in [0.29, 0.717) is 5.78 Å². The first-order valence-corrected chi connectivity index (χ1v) is 9.89. The topological polar surface area (TPSA) is 29.5 Å². The molecule has 2 fully saturated rings. The summed E-state index contributed by atoms with van der Waals surface area (Å²) >= 11 is 0. The van der Waals surface area contributed by atoms with Crippen molar-refractivity contribution in [3.8, 4) is 5.75 Å². The molecule has 2 atom stereocenters. The summed E-state index contributed by atoms with van der Waals surface area (Å²) < 4.78 is 4.97. The number of hydrogen-bond donors (Lipinski definition) is 0. The number of benzene rings is 1. The fourth-order valence-corrected chi connectivity index (χ4v) is 3.27. The Bertz CT molecular complexity index is 456. The predicted molar refractivity (Wildman–Crippen MR) is 108 cm³/mol. The van der Waals surface area contributed by atoms with Crippen LogP contribution in [0.25, 0.3) is 0 Å². The molecule has 144 valence electrons. The summed E-state index contributed by atoms with van der Waals surface area (Å²) in [5.74, 6) is 2.96. The molecular formula is C22H39NO2. The van der Waals surface area contributed by atoms with Crippen LogP contribution in [0.1, 0.15) is 58.9 Å². The van der Waals surface area contributed by atoms with E-state index in [1.807, 2.05) is 52.0 Å². The zero-order valence-corrected chi connectivity index (χ0v) is 17.5. The van der Waals surface area contributed by atoms with Crippen LogP contribution in [0.3, 0.4) is 0 Å². The molecule has 1 unspecified atom stereocenters. The van der Waals surface area contributed by atoms with Gasteiger partial charge < -0.3 is 9.64 Å². The van der Waals surface area contributed by atoms with Crippen molar-refractivity contribution in [1.82, 2.24) is 4.90 Å². The number of carbonyl (C=O) groups excluding carboxylic acids is 1. The average molecular weight is 350 g/mol. The molecule has 3 heteroatoms. The molecule has 2 aliphatic rings. The molecule has 0 spiro atoms. The van der Waals surface area contributed by atoms with Crippen molar-refractivity contribution in [1.29, 1.82) is 0 Å². The molecule has 1 aromatic rings. The second-order valence-corrected chi connectivity index (χ2v) is 6.37. The zero-order chi connectivity index (χ0) is 19.2. The Morgan fingerprint density at radius 3 is 2.16 bits per heavy atom. The predicted octanol–water partition coefficient (Wildman–Crippen LogP) is 5.36. The lowest BCUT2D eigenvalue weighted by Crippen LogP contribution is -2.41. The lowest BCUT2D eigenvalue weighted by atomic mass is 9.75. The SMILES string of the molecule is CC.CC.CN1CCC2CC(=O)CC[C@H]2C1.COc1ccc(C)cc1. The number of piperidine rings is 1. The van der Waals surface area contributed by atoms with Gasteiger partial charge in [-0.25, -0.2) is 0 Å². The molecule has 0 bridgehead atoms. The maximum atomic E-state index is 11.2. The van der Waals surface area contributed by atoms with Gasteiger partial charge in [0.05, 0.1) is 7.11 Å². The quantitative estimate of drug-likeness (QED) is 0.683. The number of aryl methyl sites for hydroxylation is 1. The van der Waals surface area contributed by atoms with E-state index >= 15 is 0 Å². The second kappa shape index (κ2) is 13.9. The first kappa shape index (κ1) is 23.6. The van der Waals surface area contributed by atoms with Crippen LogP contribution >= 0.6 is 0 Å². The third-order valence-corrected chi connectivity index (χ3v) is 4.63. The van der Waals surface area contributed by atoms with Crippen LogP contribution in [0.15, 0.2) is 24.3 Å². The highest BCUT2D eigenvalue weighted by atomic mass is 16.5. The van der Waals surface area contributed by atoms with Crippen LogP contribution in [-0.4, -0.2) is 37.9 Å². The van der Waals surface area contributed by atoms with Crippen LogP contribution in [0.2, 0.25) is 0 Å². The molecule has 1 saturated carbocycles. The summed E-state index contributed by atoms with van der Waals surface area (Å²) in [6, 6.07) is 7.96. The standard InChI is InChI=1S/C10H17NO.C8H10O.2C2H6/c1-11-5-4-8-6-10(12)3-2-9(8)7-11;1-7-3-5-8(9-2)6-4-7;2*1-2/h8-9H,2-7H2,1H3;3-6H,1-2H3;2*1-2H3/t8?,9-;;;/m0.../s1. The molecule has 1 aromatic carbocycles. The van der Waals surface area contributed by atoms with E-state index in [9.17, 15) is 4.79 Å². The number of fused-ring (bicyclic) bond motifs is 1. The third kappa shape index (κ3) is 9.06. The number of likely N-dealkylation sites (tertiary alicyclic amines) is 1. The minimum Gasteiger partial charge on any atom is -0.497 e. The van der Waals surface area contributed by atoms with E-state index < -0.39 is 0 Å². The number of Topliss-reactive ketones (excluding diaryl/α,β-unsaturated/α-hetero) is 1. The van der Waals surface area contributed by atoms with E-state index in [0.717, 1.165) is 36.8 Å². The van der Waals surface area contributed by atoms with Crippen molar-refractivity contribution in [2.75, 3.05) is 27.2 Å². The molecule has 0 radical (unpaired) electrons.